The smallest absolute Gasteiger partial charge is 0.348 e. The van der Waals surface area contributed by atoms with Gasteiger partial charge in [-0.1, -0.05) is 48.5 Å². The number of nitrogens with one attached hydrogen (secondary N) is 1. The topological polar surface area (TPSA) is 90.3 Å². The zero-order valence-electron chi connectivity index (χ0n) is 18.0. The number of esters is 1. The lowest BCUT2D eigenvalue weighted by molar-refractivity contribution is 0.0479. The van der Waals surface area contributed by atoms with E-state index in [1.807, 2.05) is 72.9 Å². The highest BCUT2D eigenvalue weighted by Crippen LogP contribution is 2.25. The molecule has 0 spiro atoms. The fourth-order valence-corrected chi connectivity index (χ4v) is 4.64. The van der Waals surface area contributed by atoms with Crippen LogP contribution in [0.15, 0.2) is 79.0 Å². The molecule has 0 fully saturated rings. The average molecular weight is 482 g/mol. The third kappa shape index (κ3) is 6.16. The Morgan fingerprint density at radius 1 is 1.03 bits per heavy atom. The summed E-state index contributed by atoms with van der Waals surface area (Å²) in [5.41, 5.74) is 3.41. The monoisotopic (exact) mass is 481 g/mol. The first-order chi connectivity index (χ1) is 15.9. The Morgan fingerprint density at radius 2 is 1.73 bits per heavy atom. The van der Waals surface area contributed by atoms with Gasteiger partial charge in [-0.15, -0.1) is 11.3 Å². The Bertz CT molecular complexity index is 1330. The molecular weight excluding hydrogens is 458 g/mol. The summed E-state index contributed by atoms with van der Waals surface area (Å²) < 4.78 is 32.2. The maximum atomic E-state index is 12.6. The fourth-order valence-electron chi connectivity index (χ4n) is 3.26. The van der Waals surface area contributed by atoms with Gasteiger partial charge in [0.2, 0.25) is 10.0 Å². The van der Waals surface area contributed by atoms with Gasteiger partial charge in [0.15, 0.2) is 0 Å². The Kier molecular flexibility index (Phi) is 7.02. The van der Waals surface area contributed by atoms with Crippen molar-refractivity contribution in [2.24, 2.45) is 0 Å². The Balaban J connectivity index is 1.47. The number of nitrogens with zero attached hydrogens (tertiary/aromatic N) is 2. The molecule has 170 valence electrons. The van der Waals surface area contributed by atoms with E-state index in [0.717, 1.165) is 33.6 Å². The van der Waals surface area contributed by atoms with Gasteiger partial charge in [-0.3, -0.25) is 0 Å². The summed E-state index contributed by atoms with van der Waals surface area (Å²) in [6.45, 7) is 0.367. The van der Waals surface area contributed by atoms with E-state index in [9.17, 15) is 13.2 Å². The first-order valence-electron chi connectivity index (χ1n) is 10.3. The summed E-state index contributed by atoms with van der Waals surface area (Å²) in [4.78, 5) is 14.0. The van der Waals surface area contributed by atoms with Crippen molar-refractivity contribution in [1.29, 1.82) is 0 Å². The van der Waals surface area contributed by atoms with Crippen molar-refractivity contribution in [2.75, 3.05) is 12.8 Å². The van der Waals surface area contributed by atoms with Gasteiger partial charge in [0, 0.05) is 28.7 Å². The first-order valence-corrected chi connectivity index (χ1v) is 13.0. The number of sulfonamides is 1. The number of aromatic nitrogens is 2. The number of para-hydroxylation sites is 1. The second-order valence-electron chi connectivity index (χ2n) is 7.41. The van der Waals surface area contributed by atoms with Gasteiger partial charge < -0.3 is 4.74 Å². The fraction of sp³-hybridized carbons (Fsp3) is 0.167. The van der Waals surface area contributed by atoms with Crippen LogP contribution >= 0.6 is 11.3 Å². The third-order valence-corrected chi connectivity index (χ3v) is 6.67. The maximum absolute atomic E-state index is 12.6. The normalized spacial score (nSPS) is 11.4. The number of hydrogen-bond donors (Lipinski definition) is 1. The third-order valence-electron chi connectivity index (χ3n) is 4.82. The summed E-state index contributed by atoms with van der Waals surface area (Å²) in [7, 11) is -3.23. The number of thiophene rings is 1. The zero-order valence-corrected chi connectivity index (χ0v) is 19.6. The molecule has 0 atom stereocenters. The van der Waals surface area contributed by atoms with Gasteiger partial charge in [-0.25, -0.2) is 22.6 Å². The highest BCUT2D eigenvalue weighted by Gasteiger charge is 2.16. The molecule has 0 aliphatic heterocycles. The number of hydrogen-bond acceptors (Lipinski definition) is 6. The van der Waals surface area contributed by atoms with Gasteiger partial charge in [0.05, 0.1) is 17.6 Å². The Morgan fingerprint density at radius 3 is 2.42 bits per heavy atom. The zero-order chi connectivity index (χ0) is 23.3. The van der Waals surface area contributed by atoms with Crippen LogP contribution in [-0.2, 0) is 27.8 Å². The van der Waals surface area contributed by atoms with E-state index in [2.05, 4.69) is 4.72 Å². The number of benzene rings is 2. The highest BCUT2D eigenvalue weighted by atomic mass is 32.2. The maximum Gasteiger partial charge on any atom is 0.348 e. The predicted molar refractivity (Wildman–Crippen MR) is 129 cm³/mol. The SMILES string of the molecule is CS(=O)(=O)NCCc1ccc(C(=O)OCc2cn(-c3ccccc3)nc2-c2ccccc2)s1. The quantitative estimate of drug-likeness (QED) is 0.364. The van der Waals surface area contributed by atoms with Crippen LogP contribution in [0.5, 0.6) is 0 Å². The molecule has 4 aromatic rings. The first kappa shape index (κ1) is 22.9. The molecule has 0 bridgehead atoms. The molecule has 7 nitrogen and oxygen atoms in total. The van der Waals surface area contributed by atoms with Crippen molar-refractivity contribution >= 4 is 27.3 Å². The summed E-state index contributed by atoms with van der Waals surface area (Å²) in [5, 5.41) is 4.73. The van der Waals surface area contributed by atoms with E-state index in [4.69, 9.17) is 9.84 Å². The van der Waals surface area contributed by atoms with Crippen LogP contribution in [0, 0.1) is 0 Å². The largest absolute Gasteiger partial charge is 0.456 e. The van der Waals surface area contributed by atoms with E-state index in [1.165, 1.54) is 11.3 Å². The molecule has 2 aromatic carbocycles. The molecular formula is C24H23N3O4S2. The van der Waals surface area contributed by atoms with Crippen LogP contribution in [0.4, 0.5) is 0 Å². The molecule has 33 heavy (non-hydrogen) atoms. The highest BCUT2D eigenvalue weighted by molar-refractivity contribution is 7.88. The van der Waals surface area contributed by atoms with E-state index in [0.29, 0.717) is 11.3 Å². The lowest BCUT2D eigenvalue weighted by Crippen LogP contribution is -2.23. The van der Waals surface area contributed by atoms with Crippen LogP contribution in [0.1, 0.15) is 20.1 Å². The molecule has 0 saturated heterocycles. The minimum atomic E-state index is -3.23. The van der Waals surface area contributed by atoms with Crippen molar-refractivity contribution in [2.45, 2.75) is 13.0 Å². The van der Waals surface area contributed by atoms with Gasteiger partial charge in [0.1, 0.15) is 11.5 Å². The second-order valence-corrected chi connectivity index (χ2v) is 10.4. The van der Waals surface area contributed by atoms with Gasteiger partial charge >= 0.3 is 5.97 Å². The molecule has 9 heteroatoms. The molecule has 2 heterocycles. The van der Waals surface area contributed by atoms with E-state index < -0.39 is 16.0 Å². The van der Waals surface area contributed by atoms with Gasteiger partial charge in [-0.05, 0) is 30.7 Å². The average Bonchev–Trinajstić information content (AvgIpc) is 3.45. The van der Waals surface area contributed by atoms with Crippen molar-refractivity contribution in [3.8, 4) is 16.9 Å². The van der Waals surface area contributed by atoms with Gasteiger partial charge in [0.25, 0.3) is 0 Å². The number of rotatable bonds is 9. The number of carbonyl (C=O) groups is 1. The standard InChI is InChI=1S/C24H23N3O4S2/c1-33(29,30)25-15-14-21-12-13-22(32-21)24(28)31-17-19-16-27(20-10-6-3-7-11-20)26-23(19)18-8-4-2-5-9-18/h2-13,16,25H,14-15,17H2,1H3. The van der Waals surface area contributed by atoms with Crippen LogP contribution in [0.25, 0.3) is 16.9 Å². The predicted octanol–water partition coefficient (Wildman–Crippen LogP) is 4.05. The number of ether oxygens (including phenoxy) is 1. The molecule has 2 aromatic heterocycles. The minimum absolute atomic E-state index is 0.0821. The van der Waals surface area contributed by atoms with Crippen molar-refractivity contribution in [3.63, 3.8) is 0 Å². The van der Waals surface area contributed by atoms with Crippen molar-refractivity contribution in [3.05, 3.63) is 94.3 Å². The molecule has 0 amide bonds. The lowest BCUT2D eigenvalue weighted by Gasteiger charge is -2.04. The summed E-state index contributed by atoms with van der Waals surface area (Å²) in [5.74, 6) is -0.422. The van der Waals surface area contributed by atoms with Gasteiger partial charge in [-0.2, -0.15) is 5.10 Å². The van der Waals surface area contributed by atoms with Crippen LogP contribution in [0.3, 0.4) is 0 Å². The van der Waals surface area contributed by atoms with Crippen LogP contribution in [0.2, 0.25) is 0 Å². The van der Waals surface area contributed by atoms with Crippen LogP contribution in [-0.4, -0.2) is 37.0 Å². The van der Waals surface area contributed by atoms with E-state index in [1.54, 1.807) is 10.7 Å². The molecule has 4 rings (SSSR count). The van der Waals surface area contributed by atoms with E-state index in [-0.39, 0.29) is 13.2 Å². The number of carbonyl (C=O) groups excluding carboxylic acids is 1. The minimum Gasteiger partial charge on any atom is -0.456 e. The molecule has 0 unspecified atom stereocenters. The molecule has 0 radical (unpaired) electrons. The van der Waals surface area contributed by atoms with Crippen molar-refractivity contribution in [1.82, 2.24) is 14.5 Å². The molecule has 1 N–H and O–H groups in total. The molecule has 0 saturated carbocycles. The van der Waals surface area contributed by atoms with Crippen LogP contribution < -0.4 is 4.72 Å². The van der Waals surface area contributed by atoms with Crippen molar-refractivity contribution < 1.29 is 17.9 Å². The summed E-state index contributed by atoms with van der Waals surface area (Å²) >= 11 is 1.30. The summed E-state index contributed by atoms with van der Waals surface area (Å²) in [6, 6.07) is 23.0. The Hall–Kier alpha value is -3.27. The summed E-state index contributed by atoms with van der Waals surface area (Å²) in [6.07, 6.45) is 3.50. The lowest BCUT2D eigenvalue weighted by atomic mass is 10.1. The molecule has 0 aliphatic rings. The van der Waals surface area contributed by atoms with E-state index >= 15 is 0 Å². The Labute approximate surface area is 196 Å². The second kappa shape index (κ2) is 10.1. The molecule has 0 aliphatic carbocycles.